The summed E-state index contributed by atoms with van der Waals surface area (Å²) in [5.41, 5.74) is 3.08. The first-order valence-electron chi connectivity index (χ1n) is 8.76. The summed E-state index contributed by atoms with van der Waals surface area (Å²) in [5.74, 6) is 0.813. The van der Waals surface area contributed by atoms with E-state index in [0.29, 0.717) is 17.5 Å². The minimum atomic E-state index is -0.0303. The standard InChI is InChI=1S/C19H24N6OS/c1-13-10-14(2)25-18(21-13)22-23-19(25)27-12-17(26)20-11-16(24(3)4)15-8-6-5-7-9-15/h5-10,16H,11-12H2,1-4H3,(H,20,26)/t16-/m0/s1. The molecule has 0 aliphatic carbocycles. The Hall–Kier alpha value is -2.45. The number of carbonyl (C=O) groups is 1. The van der Waals surface area contributed by atoms with Gasteiger partial charge in [0.15, 0.2) is 5.16 Å². The Morgan fingerprint density at radius 2 is 1.96 bits per heavy atom. The number of likely N-dealkylation sites (N-methyl/N-ethyl adjacent to an activating group) is 1. The van der Waals surface area contributed by atoms with E-state index in [1.807, 2.05) is 56.6 Å². The van der Waals surface area contributed by atoms with Gasteiger partial charge in [-0.1, -0.05) is 42.1 Å². The van der Waals surface area contributed by atoms with Crippen LogP contribution in [-0.2, 0) is 4.79 Å². The Balaban J connectivity index is 1.60. The topological polar surface area (TPSA) is 75.4 Å². The van der Waals surface area contributed by atoms with Gasteiger partial charge in [-0.3, -0.25) is 9.20 Å². The minimum absolute atomic E-state index is 0.0303. The first-order chi connectivity index (χ1) is 13.0. The Morgan fingerprint density at radius 1 is 1.22 bits per heavy atom. The third-order valence-electron chi connectivity index (χ3n) is 4.30. The second-order valence-corrected chi connectivity index (χ2v) is 7.58. The van der Waals surface area contributed by atoms with E-state index < -0.39 is 0 Å². The van der Waals surface area contributed by atoms with Gasteiger partial charge in [0.05, 0.1) is 11.8 Å². The Bertz CT molecular complexity index is 925. The molecular weight excluding hydrogens is 360 g/mol. The highest BCUT2D eigenvalue weighted by Gasteiger charge is 2.16. The Morgan fingerprint density at radius 3 is 2.67 bits per heavy atom. The lowest BCUT2D eigenvalue weighted by Gasteiger charge is -2.25. The Kier molecular flexibility index (Phi) is 6.08. The summed E-state index contributed by atoms with van der Waals surface area (Å²) in [7, 11) is 4.03. The van der Waals surface area contributed by atoms with Crippen LogP contribution in [-0.4, -0.2) is 56.8 Å². The van der Waals surface area contributed by atoms with Crippen LogP contribution in [0.3, 0.4) is 0 Å². The fourth-order valence-corrected chi connectivity index (χ4v) is 3.77. The SMILES string of the molecule is Cc1cc(C)n2c(SCC(=O)NC[C@@H](c3ccccc3)N(C)C)nnc2n1. The minimum Gasteiger partial charge on any atom is -0.353 e. The van der Waals surface area contributed by atoms with E-state index in [2.05, 4.69) is 37.5 Å². The van der Waals surface area contributed by atoms with Gasteiger partial charge >= 0.3 is 0 Å². The van der Waals surface area contributed by atoms with Crippen LogP contribution in [0.1, 0.15) is 23.0 Å². The summed E-state index contributed by atoms with van der Waals surface area (Å²) in [5, 5.41) is 12.0. The van der Waals surface area contributed by atoms with Crippen LogP contribution in [0.4, 0.5) is 0 Å². The van der Waals surface area contributed by atoms with Crippen LogP contribution >= 0.6 is 11.8 Å². The quantitative estimate of drug-likeness (QED) is 0.630. The fraction of sp³-hybridized carbons (Fsp3) is 0.368. The molecule has 0 saturated heterocycles. The zero-order valence-electron chi connectivity index (χ0n) is 16.0. The zero-order chi connectivity index (χ0) is 19.4. The maximum atomic E-state index is 12.3. The summed E-state index contributed by atoms with van der Waals surface area (Å²) >= 11 is 1.36. The van der Waals surface area contributed by atoms with E-state index in [-0.39, 0.29) is 17.7 Å². The number of amides is 1. The molecule has 0 spiro atoms. The van der Waals surface area contributed by atoms with Gasteiger partial charge in [-0.2, -0.15) is 0 Å². The second kappa shape index (κ2) is 8.49. The number of aromatic nitrogens is 4. The van der Waals surface area contributed by atoms with Crippen LogP contribution in [0, 0.1) is 13.8 Å². The van der Waals surface area contributed by atoms with Gasteiger partial charge in [-0.25, -0.2) is 4.98 Å². The molecule has 1 N–H and O–H groups in total. The van der Waals surface area contributed by atoms with Crippen molar-refractivity contribution in [1.29, 1.82) is 0 Å². The molecule has 7 nitrogen and oxygen atoms in total. The maximum Gasteiger partial charge on any atom is 0.256 e. The molecule has 0 bridgehead atoms. The highest BCUT2D eigenvalue weighted by molar-refractivity contribution is 7.99. The molecule has 0 radical (unpaired) electrons. The van der Waals surface area contributed by atoms with Crippen LogP contribution < -0.4 is 5.32 Å². The maximum absolute atomic E-state index is 12.3. The van der Waals surface area contributed by atoms with Gasteiger partial charge in [-0.05, 0) is 39.6 Å². The summed E-state index contributed by atoms with van der Waals surface area (Å²) in [6.07, 6.45) is 0. The smallest absolute Gasteiger partial charge is 0.256 e. The lowest BCUT2D eigenvalue weighted by Crippen LogP contribution is -2.35. The molecule has 1 amide bonds. The zero-order valence-corrected chi connectivity index (χ0v) is 16.8. The van der Waals surface area contributed by atoms with Gasteiger partial charge in [-0.15, -0.1) is 10.2 Å². The molecule has 142 valence electrons. The number of hydrogen-bond acceptors (Lipinski definition) is 6. The summed E-state index contributed by atoms with van der Waals surface area (Å²) in [6.45, 7) is 4.46. The van der Waals surface area contributed by atoms with Crippen LogP contribution in [0.25, 0.3) is 5.78 Å². The average Bonchev–Trinajstić information content (AvgIpc) is 3.04. The normalized spacial score (nSPS) is 12.5. The summed E-state index contributed by atoms with van der Waals surface area (Å²) in [6, 6.07) is 12.3. The number of nitrogens with zero attached hydrogens (tertiary/aromatic N) is 5. The van der Waals surface area contributed by atoms with Crippen molar-refractivity contribution in [1.82, 2.24) is 29.8 Å². The molecule has 1 aromatic carbocycles. The molecule has 2 heterocycles. The van der Waals surface area contributed by atoms with Crippen molar-refractivity contribution in [2.24, 2.45) is 0 Å². The average molecular weight is 385 g/mol. The summed E-state index contributed by atoms with van der Waals surface area (Å²) < 4.78 is 1.87. The van der Waals surface area contributed by atoms with Gasteiger partial charge in [0.25, 0.3) is 5.78 Å². The molecule has 0 saturated carbocycles. The number of nitrogens with one attached hydrogen (secondary N) is 1. The molecule has 1 atom stereocenters. The van der Waals surface area contributed by atoms with Gasteiger partial charge in [0, 0.05) is 17.9 Å². The molecular formula is C19H24N6OS. The van der Waals surface area contributed by atoms with Gasteiger partial charge < -0.3 is 10.2 Å². The molecule has 0 fully saturated rings. The molecule has 27 heavy (non-hydrogen) atoms. The highest BCUT2D eigenvalue weighted by atomic mass is 32.2. The number of carbonyl (C=O) groups excluding carboxylic acids is 1. The molecule has 3 aromatic rings. The number of fused-ring (bicyclic) bond motifs is 1. The van der Waals surface area contributed by atoms with Crippen molar-refractivity contribution in [3.63, 3.8) is 0 Å². The molecule has 0 aliphatic heterocycles. The van der Waals surface area contributed by atoms with Crippen LogP contribution in [0.15, 0.2) is 41.6 Å². The van der Waals surface area contributed by atoms with Crippen molar-refractivity contribution in [2.45, 2.75) is 25.0 Å². The third-order valence-corrected chi connectivity index (χ3v) is 5.22. The first-order valence-corrected chi connectivity index (χ1v) is 9.74. The molecule has 3 rings (SSSR count). The highest BCUT2D eigenvalue weighted by Crippen LogP contribution is 2.19. The van der Waals surface area contributed by atoms with Gasteiger partial charge in [0.1, 0.15) is 0 Å². The van der Waals surface area contributed by atoms with Crippen molar-refractivity contribution >= 4 is 23.4 Å². The largest absolute Gasteiger partial charge is 0.353 e. The van der Waals surface area contributed by atoms with Crippen molar-refractivity contribution in [3.8, 4) is 0 Å². The third kappa shape index (κ3) is 4.64. The predicted octanol–water partition coefficient (Wildman–Crippen LogP) is 2.25. The van der Waals surface area contributed by atoms with E-state index in [1.54, 1.807) is 0 Å². The van der Waals surface area contributed by atoms with Crippen molar-refractivity contribution in [2.75, 3.05) is 26.4 Å². The number of aryl methyl sites for hydroxylation is 2. The first kappa shape index (κ1) is 19.3. The Labute approximate surface area is 163 Å². The lowest BCUT2D eigenvalue weighted by atomic mass is 10.1. The van der Waals surface area contributed by atoms with E-state index in [9.17, 15) is 4.79 Å². The summed E-state index contributed by atoms with van der Waals surface area (Å²) in [4.78, 5) is 18.8. The monoisotopic (exact) mass is 384 g/mol. The molecule has 2 aromatic heterocycles. The number of benzene rings is 1. The number of hydrogen-bond donors (Lipinski definition) is 1. The molecule has 0 aliphatic rings. The van der Waals surface area contributed by atoms with E-state index in [0.717, 1.165) is 11.4 Å². The molecule has 8 heteroatoms. The van der Waals surface area contributed by atoms with Gasteiger partial charge in [0.2, 0.25) is 5.91 Å². The lowest BCUT2D eigenvalue weighted by molar-refractivity contribution is -0.118. The van der Waals surface area contributed by atoms with Crippen molar-refractivity contribution in [3.05, 3.63) is 53.3 Å². The predicted molar refractivity (Wildman–Crippen MR) is 107 cm³/mol. The van der Waals surface area contributed by atoms with E-state index in [1.165, 1.54) is 17.3 Å². The van der Waals surface area contributed by atoms with Crippen LogP contribution in [0.5, 0.6) is 0 Å². The number of rotatable bonds is 7. The fourth-order valence-electron chi connectivity index (χ4n) is 2.96. The number of thioether (sulfide) groups is 1. The van der Waals surface area contributed by atoms with E-state index in [4.69, 9.17) is 0 Å². The van der Waals surface area contributed by atoms with Crippen LogP contribution in [0.2, 0.25) is 0 Å². The molecule has 0 unspecified atom stereocenters. The van der Waals surface area contributed by atoms with Crippen molar-refractivity contribution < 1.29 is 4.79 Å². The van der Waals surface area contributed by atoms with E-state index >= 15 is 0 Å². The second-order valence-electron chi connectivity index (χ2n) is 6.64.